The monoisotopic (exact) mass is 275 g/mol. The van der Waals surface area contributed by atoms with E-state index in [2.05, 4.69) is 4.72 Å². The van der Waals surface area contributed by atoms with Gasteiger partial charge in [-0.1, -0.05) is 0 Å². The summed E-state index contributed by atoms with van der Waals surface area (Å²) in [4.78, 5) is 0. The summed E-state index contributed by atoms with van der Waals surface area (Å²) in [6.07, 6.45) is -4.03. The van der Waals surface area contributed by atoms with Crippen LogP contribution in [0.3, 0.4) is 0 Å². The SMILES string of the molecule is O=S(=O)(CCCC(F)(F)F)NC1(CO)CCC1. The minimum absolute atomic E-state index is 0.314. The van der Waals surface area contributed by atoms with Crippen LogP contribution in [0.1, 0.15) is 32.1 Å². The van der Waals surface area contributed by atoms with Gasteiger partial charge in [-0.2, -0.15) is 13.2 Å². The first-order chi connectivity index (χ1) is 7.68. The van der Waals surface area contributed by atoms with Crippen molar-refractivity contribution in [1.82, 2.24) is 4.72 Å². The third-order valence-corrected chi connectivity index (χ3v) is 4.43. The molecule has 0 bridgehead atoms. The molecule has 0 unspecified atom stereocenters. The maximum atomic E-state index is 11.9. The fourth-order valence-corrected chi connectivity index (χ4v) is 3.29. The molecule has 8 heteroatoms. The van der Waals surface area contributed by atoms with E-state index in [0.717, 1.165) is 6.42 Å². The van der Waals surface area contributed by atoms with Crippen molar-refractivity contribution in [3.05, 3.63) is 0 Å². The number of alkyl halides is 3. The minimum atomic E-state index is -4.33. The zero-order chi connectivity index (χ0) is 13.2. The summed E-state index contributed by atoms with van der Waals surface area (Å²) >= 11 is 0. The number of halogens is 3. The molecule has 0 aliphatic heterocycles. The Morgan fingerprint density at radius 2 is 1.88 bits per heavy atom. The molecule has 17 heavy (non-hydrogen) atoms. The second-order valence-electron chi connectivity index (χ2n) is 4.43. The molecule has 0 aromatic rings. The van der Waals surface area contributed by atoms with Gasteiger partial charge in [-0.25, -0.2) is 13.1 Å². The Labute approximate surface area is 98.3 Å². The smallest absolute Gasteiger partial charge is 0.389 e. The molecule has 1 fully saturated rings. The van der Waals surface area contributed by atoms with Gasteiger partial charge in [0.15, 0.2) is 0 Å². The van der Waals surface area contributed by atoms with Crippen LogP contribution in [0.15, 0.2) is 0 Å². The topological polar surface area (TPSA) is 66.4 Å². The molecule has 102 valence electrons. The van der Waals surface area contributed by atoms with Gasteiger partial charge >= 0.3 is 6.18 Å². The molecule has 1 aliphatic carbocycles. The van der Waals surface area contributed by atoms with Crippen LogP contribution in [0.4, 0.5) is 13.2 Å². The van der Waals surface area contributed by atoms with Gasteiger partial charge in [0.1, 0.15) is 0 Å². The van der Waals surface area contributed by atoms with E-state index in [9.17, 15) is 21.6 Å². The van der Waals surface area contributed by atoms with E-state index >= 15 is 0 Å². The van der Waals surface area contributed by atoms with Gasteiger partial charge in [0.2, 0.25) is 10.0 Å². The van der Waals surface area contributed by atoms with Crippen LogP contribution in [0, 0.1) is 0 Å². The summed E-state index contributed by atoms with van der Waals surface area (Å²) in [5.74, 6) is -0.561. The first-order valence-electron chi connectivity index (χ1n) is 5.37. The van der Waals surface area contributed by atoms with Crippen LogP contribution in [0.2, 0.25) is 0 Å². The quantitative estimate of drug-likeness (QED) is 0.764. The Kier molecular flexibility index (Phi) is 4.43. The third kappa shape index (κ3) is 4.81. The number of aliphatic hydroxyl groups is 1. The maximum absolute atomic E-state index is 11.9. The van der Waals surface area contributed by atoms with Gasteiger partial charge in [-0.05, 0) is 25.7 Å². The molecule has 0 aromatic heterocycles. The second-order valence-corrected chi connectivity index (χ2v) is 6.27. The lowest BCUT2D eigenvalue weighted by atomic mass is 9.78. The van der Waals surface area contributed by atoms with Crippen molar-refractivity contribution in [2.45, 2.75) is 43.8 Å². The first-order valence-corrected chi connectivity index (χ1v) is 7.03. The van der Waals surface area contributed by atoms with Crippen molar-refractivity contribution in [2.75, 3.05) is 12.4 Å². The summed E-state index contributed by atoms with van der Waals surface area (Å²) < 4.78 is 60.9. The Morgan fingerprint density at radius 1 is 1.29 bits per heavy atom. The number of hydrogen-bond acceptors (Lipinski definition) is 3. The van der Waals surface area contributed by atoms with Crippen molar-refractivity contribution in [2.24, 2.45) is 0 Å². The molecule has 1 rings (SSSR count). The van der Waals surface area contributed by atoms with E-state index in [1.54, 1.807) is 0 Å². The van der Waals surface area contributed by atoms with Crippen molar-refractivity contribution in [3.63, 3.8) is 0 Å². The Balaban J connectivity index is 2.41. The zero-order valence-corrected chi connectivity index (χ0v) is 10.1. The normalized spacial score (nSPS) is 20.0. The van der Waals surface area contributed by atoms with Crippen LogP contribution in [0.5, 0.6) is 0 Å². The average Bonchev–Trinajstić information content (AvgIpc) is 2.09. The molecule has 1 aliphatic rings. The largest absolute Gasteiger partial charge is 0.394 e. The molecule has 0 atom stereocenters. The van der Waals surface area contributed by atoms with E-state index in [4.69, 9.17) is 5.11 Å². The van der Waals surface area contributed by atoms with Gasteiger partial charge in [-0.15, -0.1) is 0 Å². The fourth-order valence-electron chi connectivity index (χ4n) is 1.74. The standard InChI is InChI=1S/C9H16F3NO3S/c10-9(11,12)5-2-6-17(15,16)13-8(7-14)3-1-4-8/h13-14H,1-7H2. The molecule has 1 saturated carbocycles. The minimum Gasteiger partial charge on any atom is -0.394 e. The van der Waals surface area contributed by atoms with Crippen LogP contribution in [-0.4, -0.2) is 37.6 Å². The van der Waals surface area contributed by atoms with E-state index in [0.29, 0.717) is 12.8 Å². The summed E-state index contributed by atoms with van der Waals surface area (Å²) in [6.45, 7) is -0.314. The molecule has 0 heterocycles. The molecule has 4 nitrogen and oxygen atoms in total. The highest BCUT2D eigenvalue weighted by molar-refractivity contribution is 7.89. The number of hydrogen-bond donors (Lipinski definition) is 2. The van der Waals surface area contributed by atoms with Crippen LogP contribution in [0.25, 0.3) is 0 Å². The molecule has 0 aromatic carbocycles. The molecule has 0 amide bonds. The second kappa shape index (κ2) is 5.11. The average molecular weight is 275 g/mol. The van der Waals surface area contributed by atoms with E-state index in [1.807, 2.05) is 0 Å². The maximum Gasteiger partial charge on any atom is 0.389 e. The van der Waals surface area contributed by atoms with Gasteiger partial charge in [0, 0.05) is 6.42 Å². The van der Waals surface area contributed by atoms with Crippen LogP contribution >= 0.6 is 0 Å². The molecular formula is C9H16F3NO3S. The van der Waals surface area contributed by atoms with Crippen molar-refractivity contribution >= 4 is 10.0 Å². The Morgan fingerprint density at radius 3 is 2.24 bits per heavy atom. The molecule has 0 spiro atoms. The summed E-state index contributed by atoms with van der Waals surface area (Å²) in [6, 6.07) is 0. The summed E-state index contributed by atoms with van der Waals surface area (Å²) in [5, 5.41) is 9.05. The summed E-state index contributed by atoms with van der Waals surface area (Å²) in [5.41, 5.74) is -0.836. The lowest BCUT2D eigenvalue weighted by molar-refractivity contribution is -0.134. The first kappa shape index (κ1) is 14.7. The Bertz CT molecular complexity index is 343. The van der Waals surface area contributed by atoms with E-state index < -0.39 is 40.3 Å². The Hall–Kier alpha value is -0.340. The predicted octanol–water partition coefficient (Wildman–Crippen LogP) is 1.16. The third-order valence-electron chi connectivity index (χ3n) is 2.86. The number of sulfonamides is 1. The highest BCUT2D eigenvalue weighted by Crippen LogP contribution is 2.32. The molecular weight excluding hydrogens is 259 g/mol. The predicted molar refractivity (Wildman–Crippen MR) is 55.9 cm³/mol. The zero-order valence-electron chi connectivity index (χ0n) is 9.26. The van der Waals surface area contributed by atoms with E-state index in [-0.39, 0.29) is 6.61 Å². The van der Waals surface area contributed by atoms with E-state index in [1.165, 1.54) is 0 Å². The number of rotatable bonds is 6. The lowest BCUT2D eigenvalue weighted by Crippen LogP contribution is -2.56. The van der Waals surface area contributed by atoms with Crippen molar-refractivity contribution in [3.8, 4) is 0 Å². The molecule has 0 saturated heterocycles. The lowest BCUT2D eigenvalue weighted by Gasteiger charge is -2.40. The van der Waals surface area contributed by atoms with Crippen LogP contribution in [-0.2, 0) is 10.0 Å². The van der Waals surface area contributed by atoms with Gasteiger partial charge in [0.25, 0.3) is 0 Å². The van der Waals surface area contributed by atoms with Crippen molar-refractivity contribution in [1.29, 1.82) is 0 Å². The van der Waals surface area contributed by atoms with Gasteiger partial charge in [-0.3, -0.25) is 0 Å². The summed E-state index contributed by atoms with van der Waals surface area (Å²) in [7, 11) is -3.74. The number of aliphatic hydroxyl groups excluding tert-OH is 1. The van der Waals surface area contributed by atoms with Crippen molar-refractivity contribution < 1.29 is 26.7 Å². The van der Waals surface area contributed by atoms with Crippen LogP contribution < -0.4 is 4.72 Å². The fraction of sp³-hybridized carbons (Fsp3) is 1.00. The highest BCUT2D eigenvalue weighted by atomic mass is 32.2. The van der Waals surface area contributed by atoms with Gasteiger partial charge in [0.05, 0.1) is 17.9 Å². The molecule has 2 N–H and O–H groups in total. The highest BCUT2D eigenvalue weighted by Gasteiger charge is 2.39. The number of nitrogens with one attached hydrogen (secondary N) is 1. The van der Waals surface area contributed by atoms with Gasteiger partial charge < -0.3 is 5.11 Å². The molecule has 0 radical (unpaired) electrons.